The lowest BCUT2D eigenvalue weighted by Gasteiger charge is -2.38. The van der Waals surface area contributed by atoms with Crippen LogP contribution in [0.4, 0.5) is 5.82 Å². The summed E-state index contributed by atoms with van der Waals surface area (Å²) < 4.78 is 0. The first kappa shape index (κ1) is 22.3. The first-order chi connectivity index (χ1) is 13.8. The number of piperazine rings is 1. The molecule has 30 heavy (non-hydrogen) atoms. The van der Waals surface area contributed by atoms with Gasteiger partial charge < -0.3 is 15.5 Å². The Balaban J connectivity index is 0.00000256. The third-order valence-corrected chi connectivity index (χ3v) is 5.46. The number of aromatic nitrogens is 2. The van der Waals surface area contributed by atoms with Crippen LogP contribution in [0.25, 0.3) is 22.0 Å². The summed E-state index contributed by atoms with van der Waals surface area (Å²) in [6.07, 6.45) is 0. The monoisotopic (exact) mass is 445 g/mol. The maximum atomic E-state index is 12.4. The summed E-state index contributed by atoms with van der Waals surface area (Å²) in [6.45, 7) is 6.12. The lowest BCUT2D eigenvalue weighted by molar-refractivity contribution is -0.136. The van der Waals surface area contributed by atoms with Crippen LogP contribution in [-0.4, -0.2) is 52.7 Å². The minimum atomic E-state index is -0.852. The molecule has 1 aliphatic heterocycles. The van der Waals surface area contributed by atoms with E-state index in [1.54, 1.807) is 13.8 Å². The number of nitrogens with zero attached hydrogens (tertiary/aromatic N) is 4. The van der Waals surface area contributed by atoms with Crippen molar-refractivity contribution in [1.82, 2.24) is 15.1 Å². The third-order valence-electron chi connectivity index (χ3n) is 5.20. The molecule has 158 valence electrons. The highest BCUT2D eigenvalue weighted by Gasteiger charge is 2.31. The van der Waals surface area contributed by atoms with Gasteiger partial charge in [-0.15, -0.1) is 22.6 Å². The fourth-order valence-corrected chi connectivity index (χ4v) is 3.80. The van der Waals surface area contributed by atoms with Gasteiger partial charge in [0.1, 0.15) is 5.69 Å². The third kappa shape index (κ3) is 4.36. The topological polar surface area (TPSA) is 75.4 Å². The van der Waals surface area contributed by atoms with Crippen molar-refractivity contribution in [3.63, 3.8) is 0 Å². The Labute approximate surface area is 187 Å². The maximum absolute atomic E-state index is 12.4. The highest BCUT2D eigenvalue weighted by atomic mass is 35.5. The van der Waals surface area contributed by atoms with Crippen LogP contribution in [0.5, 0.6) is 0 Å². The Morgan fingerprint density at radius 1 is 0.967 bits per heavy atom. The van der Waals surface area contributed by atoms with E-state index in [-0.39, 0.29) is 18.3 Å². The van der Waals surface area contributed by atoms with E-state index in [0.29, 0.717) is 31.2 Å². The van der Waals surface area contributed by atoms with Gasteiger partial charge in [0.2, 0.25) is 5.91 Å². The van der Waals surface area contributed by atoms with Gasteiger partial charge in [-0.2, -0.15) is 0 Å². The number of carbonyl (C=O) groups is 1. The smallest absolute Gasteiger partial charge is 0.242 e. The number of amides is 1. The van der Waals surface area contributed by atoms with Crippen molar-refractivity contribution in [1.29, 1.82) is 0 Å². The number of nitrogens with two attached hydrogens (primary N) is 1. The van der Waals surface area contributed by atoms with Crippen molar-refractivity contribution in [2.45, 2.75) is 19.4 Å². The molecule has 0 saturated carbocycles. The Hall–Kier alpha value is -2.41. The second-order valence-corrected chi connectivity index (χ2v) is 8.36. The molecule has 1 saturated heterocycles. The molecule has 8 heteroatoms. The van der Waals surface area contributed by atoms with E-state index in [2.05, 4.69) is 27.2 Å². The van der Waals surface area contributed by atoms with E-state index >= 15 is 0 Å². The molecule has 1 aliphatic rings. The minimum absolute atomic E-state index is 0. The van der Waals surface area contributed by atoms with Crippen LogP contribution in [-0.2, 0) is 4.79 Å². The maximum Gasteiger partial charge on any atom is 0.242 e. The summed E-state index contributed by atoms with van der Waals surface area (Å²) in [5.74, 6) is 0.823. The van der Waals surface area contributed by atoms with Gasteiger partial charge in [-0.1, -0.05) is 48.0 Å². The molecule has 0 atom stereocenters. The van der Waals surface area contributed by atoms with Gasteiger partial charge in [0.05, 0.1) is 5.54 Å². The van der Waals surface area contributed by atoms with E-state index in [1.807, 2.05) is 41.3 Å². The lowest BCUT2D eigenvalue weighted by Crippen LogP contribution is -2.57. The number of halogens is 2. The van der Waals surface area contributed by atoms with Gasteiger partial charge >= 0.3 is 0 Å². The zero-order valence-electron chi connectivity index (χ0n) is 17.0. The number of rotatable bonds is 3. The second-order valence-electron chi connectivity index (χ2n) is 7.93. The van der Waals surface area contributed by atoms with Crippen LogP contribution < -0.4 is 10.6 Å². The number of hydrogen-bond acceptors (Lipinski definition) is 5. The normalized spacial score (nSPS) is 14.5. The van der Waals surface area contributed by atoms with Gasteiger partial charge in [-0.05, 0) is 26.0 Å². The predicted octanol–water partition coefficient (Wildman–Crippen LogP) is 3.76. The van der Waals surface area contributed by atoms with Gasteiger partial charge in [0.15, 0.2) is 5.82 Å². The fourth-order valence-electron chi connectivity index (χ4n) is 3.67. The Bertz CT molecular complexity index is 1040. The zero-order chi connectivity index (χ0) is 20.6. The first-order valence-electron chi connectivity index (χ1n) is 9.69. The van der Waals surface area contributed by atoms with Crippen LogP contribution in [0.3, 0.4) is 0 Å². The Kier molecular flexibility index (Phi) is 6.50. The average Bonchev–Trinajstić information content (AvgIpc) is 2.73. The van der Waals surface area contributed by atoms with Gasteiger partial charge in [0.25, 0.3) is 0 Å². The van der Waals surface area contributed by atoms with Gasteiger partial charge in [0, 0.05) is 47.5 Å². The standard InChI is InChI=1S/C22H24ClN5O.ClH/c1-22(2,24)21(29)28-13-11-27(12-14-28)20-18-6-4-3-5-17(18)19(25-26-20)15-7-9-16(23)10-8-15;/h3-10H,11-14,24H2,1-2H3;1H. The molecule has 0 unspecified atom stereocenters. The summed E-state index contributed by atoms with van der Waals surface area (Å²) in [5.41, 5.74) is 6.93. The molecule has 1 fully saturated rings. The predicted molar refractivity (Wildman–Crippen MR) is 124 cm³/mol. The summed E-state index contributed by atoms with van der Waals surface area (Å²) >= 11 is 6.03. The molecule has 4 rings (SSSR count). The SMILES string of the molecule is CC(C)(N)C(=O)N1CCN(c2nnc(-c3ccc(Cl)cc3)c3ccccc23)CC1.Cl. The number of benzene rings is 2. The molecule has 2 heterocycles. The van der Waals surface area contributed by atoms with E-state index in [4.69, 9.17) is 17.3 Å². The summed E-state index contributed by atoms with van der Waals surface area (Å²) in [6, 6.07) is 15.8. The number of fused-ring (bicyclic) bond motifs is 1. The average molecular weight is 446 g/mol. The molecule has 2 aromatic carbocycles. The van der Waals surface area contributed by atoms with Gasteiger partial charge in [-0.3, -0.25) is 4.79 Å². The summed E-state index contributed by atoms with van der Waals surface area (Å²) in [5, 5.41) is 11.9. The van der Waals surface area contributed by atoms with Crippen LogP contribution in [0, 0.1) is 0 Å². The van der Waals surface area contributed by atoms with Crippen LogP contribution in [0.15, 0.2) is 48.5 Å². The van der Waals surface area contributed by atoms with E-state index in [1.165, 1.54) is 0 Å². The molecule has 0 spiro atoms. The van der Waals surface area contributed by atoms with Crippen molar-refractivity contribution in [3.05, 3.63) is 53.6 Å². The van der Waals surface area contributed by atoms with Crippen molar-refractivity contribution < 1.29 is 4.79 Å². The number of carbonyl (C=O) groups excluding carboxylic acids is 1. The molecule has 0 aliphatic carbocycles. The highest BCUT2D eigenvalue weighted by Crippen LogP contribution is 2.32. The molecular formula is C22H25Cl2N5O. The zero-order valence-corrected chi connectivity index (χ0v) is 18.6. The van der Waals surface area contributed by atoms with Crippen LogP contribution in [0.2, 0.25) is 5.02 Å². The van der Waals surface area contributed by atoms with Gasteiger partial charge in [-0.25, -0.2) is 0 Å². The second kappa shape index (κ2) is 8.76. The summed E-state index contributed by atoms with van der Waals surface area (Å²) in [4.78, 5) is 16.5. The summed E-state index contributed by atoms with van der Waals surface area (Å²) in [7, 11) is 0. The fraction of sp³-hybridized carbons (Fsp3) is 0.318. The molecule has 0 bridgehead atoms. The molecule has 1 aromatic heterocycles. The van der Waals surface area contributed by atoms with Crippen molar-refractivity contribution in [2.24, 2.45) is 5.73 Å². The van der Waals surface area contributed by atoms with E-state index in [9.17, 15) is 4.79 Å². The van der Waals surface area contributed by atoms with Crippen molar-refractivity contribution >= 4 is 46.5 Å². The van der Waals surface area contributed by atoms with E-state index < -0.39 is 5.54 Å². The van der Waals surface area contributed by atoms with Crippen LogP contribution >= 0.6 is 24.0 Å². The molecule has 6 nitrogen and oxygen atoms in total. The minimum Gasteiger partial charge on any atom is -0.351 e. The molecular weight excluding hydrogens is 421 g/mol. The number of hydrogen-bond donors (Lipinski definition) is 1. The van der Waals surface area contributed by atoms with Crippen molar-refractivity contribution in [2.75, 3.05) is 31.1 Å². The molecule has 3 aromatic rings. The first-order valence-corrected chi connectivity index (χ1v) is 10.1. The Morgan fingerprint density at radius 3 is 2.17 bits per heavy atom. The lowest BCUT2D eigenvalue weighted by atomic mass is 10.0. The quantitative estimate of drug-likeness (QED) is 0.663. The highest BCUT2D eigenvalue weighted by molar-refractivity contribution is 6.30. The Morgan fingerprint density at radius 2 is 1.57 bits per heavy atom. The molecule has 1 amide bonds. The molecule has 0 radical (unpaired) electrons. The van der Waals surface area contributed by atoms with Crippen LogP contribution in [0.1, 0.15) is 13.8 Å². The molecule has 2 N–H and O–H groups in total. The number of anilines is 1. The van der Waals surface area contributed by atoms with Crippen molar-refractivity contribution in [3.8, 4) is 11.3 Å². The largest absolute Gasteiger partial charge is 0.351 e. The van der Waals surface area contributed by atoms with E-state index in [0.717, 1.165) is 27.8 Å².